The van der Waals surface area contributed by atoms with Gasteiger partial charge in [-0.05, 0) is 5.56 Å². The lowest BCUT2D eigenvalue weighted by molar-refractivity contribution is -0.143. The molecule has 1 N–H and O–H groups in total. The van der Waals surface area contributed by atoms with E-state index in [9.17, 15) is 9.90 Å². The maximum atomic E-state index is 11.2. The summed E-state index contributed by atoms with van der Waals surface area (Å²) < 4.78 is 4.64. The first-order valence-electron chi connectivity index (χ1n) is 5.53. The summed E-state index contributed by atoms with van der Waals surface area (Å²) >= 11 is 1.56. The molecule has 0 spiro atoms. The van der Waals surface area contributed by atoms with E-state index in [2.05, 4.69) is 4.74 Å². The summed E-state index contributed by atoms with van der Waals surface area (Å²) in [5, 5.41) is 9.89. The number of aliphatic hydroxyl groups excluding tert-OH is 1. The molecule has 0 bridgehead atoms. The van der Waals surface area contributed by atoms with Gasteiger partial charge in [0, 0.05) is 11.5 Å². The summed E-state index contributed by atoms with van der Waals surface area (Å²) in [7, 11) is 1.39. The number of benzene rings is 1. The van der Waals surface area contributed by atoms with Crippen LogP contribution in [0.2, 0.25) is 0 Å². The molecule has 2 unspecified atom stereocenters. The van der Waals surface area contributed by atoms with Crippen LogP contribution in [0.3, 0.4) is 0 Å². The standard InChI is InChI=1S/C13H18O3S/c1-10(13(15)16-2)8-17-9-12(14)11-6-4-3-5-7-11/h3-7,10,12,14H,8-9H2,1-2H3. The normalized spacial score (nSPS) is 14.1. The Kier molecular flexibility index (Phi) is 6.08. The molecule has 0 saturated heterocycles. The third-order valence-electron chi connectivity index (χ3n) is 2.43. The van der Waals surface area contributed by atoms with E-state index in [0.29, 0.717) is 11.5 Å². The lowest BCUT2D eigenvalue weighted by atomic mass is 10.1. The van der Waals surface area contributed by atoms with Gasteiger partial charge in [0.2, 0.25) is 0 Å². The number of ether oxygens (including phenoxy) is 1. The Morgan fingerprint density at radius 3 is 2.59 bits per heavy atom. The van der Waals surface area contributed by atoms with Crippen molar-refractivity contribution in [2.45, 2.75) is 13.0 Å². The van der Waals surface area contributed by atoms with Crippen LogP contribution in [0.15, 0.2) is 30.3 Å². The zero-order chi connectivity index (χ0) is 12.7. The van der Waals surface area contributed by atoms with Gasteiger partial charge in [-0.3, -0.25) is 4.79 Å². The SMILES string of the molecule is COC(=O)C(C)CSCC(O)c1ccccc1. The van der Waals surface area contributed by atoms with Gasteiger partial charge in [0.05, 0.1) is 19.1 Å². The average molecular weight is 254 g/mol. The van der Waals surface area contributed by atoms with Crippen molar-refractivity contribution in [3.05, 3.63) is 35.9 Å². The number of hydrogen-bond acceptors (Lipinski definition) is 4. The Labute approximate surface area is 106 Å². The van der Waals surface area contributed by atoms with Crippen molar-refractivity contribution >= 4 is 17.7 Å². The summed E-state index contributed by atoms with van der Waals surface area (Å²) in [6.45, 7) is 1.83. The summed E-state index contributed by atoms with van der Waals surface area (Å²) in [5.74, 6) is 0.918. The highest BCUT2D eigenvalue weighted by Crippen LogP contribution is 2.19. The lowest BCUT2D eigenvalue weighted by Gasteiger charge is -2.12. The Hall–Kier alpha value is -1.00. The van der Waals surface area contributed by atoms with Gasteiger partial charge in [-0.2, -0.15) is 11.8 Å². The fraction of sp³-hybridized carbons (Fsp3) is 0.462. The molecule has 4 heteroatoms. The Balaban J connectivity index is 2.30. The molecule has 2 atom stereocenters. The summed E-state index contributed by atoms with van der Waals surface area (Å²) in [4.78, 5) is 11.2. The minimum Gasteiger partial charge on any atom is -0.469 e. The first-order chi connectivity index (χ1) is 8.15. The number of aliphatic hydroxyl groups is 1. The summed E-state index contributed by atoms with van der Waals surface area (Å²) in [6.07, 6.45) is -0.481. The fourth-order valence-corrected chi connectivity index (χ4v) is 2.44. The number of methoxy groups -OCH3 is 1. The molecular formula is C13H18O3S. The number of thioether (sulfide) groups is 1. The highest BCUT2D eigenvalue weighted by molar-refractivity contribution is 7.99. The minimum absolute atomic E-state index is 0.132. The van der Waals surface area contributed by atoms with Gasteiger partial charge < -0.3 is 9.84 Å². The molecule has 0 aromatic heterocycles. The molecule has 94 valence electrons. The third kappa shape index (κ3) is 4.79. The average Bonchev–Trinajstić information content (AvgIpc) is 2.38. The first-order valence-corrected chi connectivity index (χ1v) is 6.69. The Morgan fingerprint density at radius 1 is 1.35 bits per heavy atom. The van der Waals surface area contributed by atoms with Crippen LogP contribution >= 0.6 is 11.8 Å². The molecule has 0 heterocycles. The largest absolute Gasteiger partial charge is 0.469 e. The molecule has 0 radical (unpaired) electrons. The molecule has 0 fully saturated rings. The molecular weight excluding hydrogens is 236 g/mol. The molecule has 0 amide bonds. The van der Waals surface area contributed by atoms with E-state index in [0.717, 1.165) is 5.56 Å². The van der Waals surface area contributed by atoms with Gasteiger partial charge >= 0.3 is 5.97 Å². The highest BCUT2D eigenvalue weighted by atomic mass is 32.2. The van der Waals surface area contributed by atoms with E-state index in [1.54, 1.807) is 11.8 Å². The second-order valence-corrected chi connectivity index (χ2v) is 4.96. The molecule has 0 saturated carbocycles. The molecule has 1 aromatic rings. The predicted molar refractivity (Wildman–Crippen MR) is 69.9 cm³/mol. The minimum atomic E-state index is -0.481. The monoisotopic (exact) mass is 254 g/mol. The van der Waals surface area contributed by atoms with Crippen LogP contribution < -0.4 is 0 Å². The summed E-state index contributed by atoms with van der Waals surface area (Å²) in [5.41, 5.74) is 0.908. The van der Waals surface area contributed by atoms with E-state index in [1.807, 2.05) is 37.3 Å². The van der Waals surface area contributed by atoms with Gasteiger partial charge in [0.1, 0.15) is 0 Å². The number of carbonyl (C=O) groups is 1. The van der Waals surface area contributed by atoms with Gasteiger partial charge in [-0.25, -0.2) is 0 Å². The first kappa shape index (κ1) is 14.1. The van der Waals surface area contributed by atoms with Crippen molar-refractivity contribution in [3.8, 4) is 0 Å². The quantitative estimate of drug-likeness (QED) is 0.791. The van der Waals surface area contributed by atoms with Crippen molar-refractivity contribution in [2.75, 3.05) is 18.6 Å². The van der Waals surface area contributed by atoms with E-state index < -0.39 is 6.10 Å². The zero-order valence-electron chi connectivity index (χ0n) is 10.1. The van der Waals surface area contributed by atoms with E-state index >= 15 is 0 Å². The van der Waals surface area contributed by atoms with Crippen LogP contribution in [0, 0.1) is 5.92 Å². The predicted octanol–water partition coefficient (Wildman–Crippen LogP) is 2.26. The molecule has 1 aromatic carbocycles. The van der Waals surface area contributed by atoms with Crippen molar-refractivity contribution in [2.24, 2.45) is 5.92 Å². The second kappa shape index (κ2) is 7.35. The van der Waals surface area contributed by atoms with E-state index in [1.165, 1.54) is 7.11 Å². The van der Waals surface area contributed by atoms with Gasteiger partial charge in [-0.15, -0.1) is 0 Å². The number of carbonyl (C=O) groups excluding carboxylic acids is 1. The van der Waals surface area contributed by atoms with E-state index in [-0.39, 0.29) is 11.9 Å². The van der Waals surface area contributed by atoms with Gasteiger partial charge in [0.25, 0.3) is 0 Å². The molecule has 1 rings (SSSR count). The maximum Gasteiger partial charge on any atom is 0.309 e. The number of hydrogen-bond donors (Lipinski definition) is 1. The van der Waals surface area contributed by atoms with Crippen LogP contribution in [0.25, 0.3) is 0 Å². The highest BCUT2D eigenvalue weighted by Gasteiger charge is 2.14. The summed E-state index contributed by atoms with van der Waals surface area (Å²) in [6, 6.07) is 9.52. The molecule has 17 heavy (non-hydrogen) atoms. The van der Waals surface area contributed by atoms with Crippen LogP contribution in [0.1, 0.15) is 18.6 Å². The Morgan fingerprint density at radius 2 is 2.00 bits per heavy atom. The molecule has 0 aliphatic rings. The topological polar surface area (TPSA) is 46.5 Å². The smallest absolute Gasteiger partial charge is 0.309 e. The third-order valence-corrected chi connectivity index (χ3v) is 3.72. The zero-order valence-corrected chi connectivity index (χ0v) is 10.9. The molecule has 3 nitrogen and oxygen atoms in total. The number of esters is 1. The van der Waals surface area contributed by atoms with Crippen LogP contribution in [-0.2, 0) is 9.53 Å². The maximum absolute atomic E-state index is 11.2. The van der Waals surface area contributed by atoms with Crippen LogP contribution in [-0.4, -0.2) is 29.7 Å². The Bertz CT molecular complexity index is 340. The van der Waals surface area contributed by atoms with Crippen molar-refractivity contribution < 1.29 is 14.6 Å². The molecule has 0 aliphatic carbocycles. The molecule has 0 aliphatic heterocycles. The van der Waals surface area contributed by atoms with Crippen LogP contribution in [0.5, 0.6) is 0 Å². The van der Waals surface area contributed by atoms with Gasteiger partial charge in [-0.1, -0.05) is 37.3 Å². The van der Waals surface area contributed by atoms with Crippen molar-refractivity contribution in [1.82, 2.24) is 0 Å². The van der Waals surface area contributed by atoms with Crippen molar-refractivity contribution in [3.63, 3.8) is 0 Å². The number of rotatable bonds is 6. The van der Waals surface area contributed by atoms with Gasteiger partial charge in [0.15, 0.2) is 0 Å². The second-order valence-electron chi connectivity index (χ2n) is 3.89. The fourth-order valence-electron chi connectivity index (χ4n) is 1.40. The van der Waals surface area contributed by atoms with E-state index in [4.69, 9.17) is 0 Å². The lowest BCUT2D eigenvalue weighted by Crippen LogP contribution is -2.15. The van der Waals surface area contributed by atoms with Crippen LogP contribution in [0.4, 0.5) is 0 Å². The van der Waals surface area contributed by atoms with Crippen molar-refractivity contribution in [1.29, 1.82) is 0 Å².